The third-order valence-corrected chi connectivity index (χ3v) is 5.91. The first-order chi connectivity index (χ1) is 13.8. The van der Waals surface area contributed by atoms with Crippen molar-refractivity contribution in [3.63, 3.8) is 0 Å². The summed E-state index contributed by atoms with van der Waals surface area (Å²) in [7, 11) is 0. The van der Waals surface area contributed by atoms with Crippen LogP contribution in [0.15, 0.2) is 30.3 Å². The van der Waals surface area contributed by atoms with E-state index in [2.05, 4.69) is 37.8 Å². The first-order valence-corrected chi connectivity index (χ1v) is 12.2. The van der Waals surface area contributed by atoms with Gasteiger partial charge >= 0.3 is 0 Å². The van der Waals surface area contributed by atoms with Crippen molar-refractivity contribution in [2.24, 2.45) is 0 Å². The summed E-state index contributed by atoms with van der Waals surface area (Å²) >= 11 is 0. The lowest BCUT2D eigenvalue weighted by Crippen LogP contribution is -2.39. The van der Waals surface area contributed by atoms with Crippen LogP contribution in [0.25, 0.3) is 0 Å². The van der Waals surface area contributed by atoms with Gasteiger partial charge in [-0.15, -0.1) is 0 Å². The molecule has 0 heterocycles. The van der Waals surface area contributed by atoms with Crippen molar-refractivity contribution >= 4 is 0 Å². The third kappa shape index (κ3) is 12.4. The number of nitrogens with zero attached hydrogens (tertiary/aromatic N) is 1. The van der Waals surface area contributed by atoms with E-state index < -0.39 is 0 Å². The average molecular weight is 390 g/mol. The van der Waals surface area contributed by atoms with Crippen molar-refractivity contribution in [1.82, 2.24) is 4.90 Å². The first-order valence-electron chi connectivity index (χ1n) is 12.2. The molecule has 0 aromatic heterocycles. The van der Waals surface area contributed by atoms with Crippen molar-refractivity contribution in [3.8, 4) is 5.75 Å². The molecule has 0 aliphatic rings. The predicted molar refractivity (Wildman–Crippen MR) is 124 cm³/mol. The van der Waals surface area contributed by atoms with E-state index in [0.717, 1.165) is 25.4 Å². The number of ether oxygens (including phenoxy) is 1. The fraction of sp³-hybridized carbons (Fsp3) is 0.769. The number of para-hydroxylation sites is 1. The number of benzene rings is 1. The topological polar surface area (TPSA) is 12.5 Å². The fourth-order valence-electron chi connectivity index (χ4n) is 4.04. The molecule has 0 fully saturated rings. The van der Waals surface area contributed by atoms with Gasteiger partial charge in [-0.05, 0) is 31.6 Å². The number of hydrogen-bond acceptors (Lipinski definition) is 2. The molecule has 1 unspecified atom stereocenters. The Balaban J connectivity index is 2.10. The molecule has 0 aliphatic heterocycles. The summed E-state index contributed by atoms with van der Waals surface area (Å²) in [6, 6.07) is 10.8. The molecule has 1 rings (SSSR count). The zero-order valence-electron chi connectivity index (χ0n) is 19.1. The highest BCUT2D eigenvalue weighted by molar-refractivity contribution is 5.20. The largest absolute Gasteiger partial charge is 0.492 e. The minimum absolute atomic E-state index is 0.540. The molecule has 1 aromatic rings. The monoisotopic (exact) mass is 389 g/mol. The standard InChI is InChI=1S/C26H47NO/c1-4-7-8-9-10-11-12-13-14-15-16-18-21-25(27(5-2)6-3)24-28-26-22-19-17-20-23-26/h17,19-20,22-23,25H,4-16,18,21,24H2,1-3H3. The van der Waals surface area contributed by atoms with Gasteiger partial charge in [-0.25, -0.2) is 0 Å². The second kappa shape index (κ2) is 18.0. The molecule has 162 valence electrons. The lowest BCUT2D eigenvalue weighted by atomic mass is 10.0. The van der Waals surface area contributed by atoms with E-state index >= 15 is 0 Å². The molecule has 1 atom stereocenters. The van der Waals surface area contributed by atoms with Gasteiger partial charge in [0, 0.05) is 6.04 Å². The predicted octanol–water partition coefficient (Wildman–Crippen LogP) is 7.87. The minimum atomic E-state index is 0.540. The quantitative estimate of drug-likeness (QED) is 0.223. The van der Waals surface area contributed by atoms with Gasteiger partial charge in [0.15, 0.2) is 0 Å². The van der Waals surface area contributed by atoms with Gasteiger partial charge in [0.05, 0.1) is 0 Å². The molecule has 0 bridgehead atoms. The molecule has 0 spiro atoms. The summed E-state index contributed by atoms with van der Waals surface area (Å²) in [6.07, 6.45) is 18.2. The molecule has 1 aromatic carbocycles. The Morgan fingerprint density at radius 3 is 1.68 bits per heavy atom. The SMILES string of the molecule is CCCCCCCCCCCCCCC(COc1ccccc1)N(CC)CC. The van der Waals surface area contributed by atoms with E-state index in [-0.39, 0.29) is 0 Å². The Morgan fingerprint density at radius 1 is 0.679 bits per heavy atom. The second-order valence-corrected chi connectivity index (χ2v) is 8.18. The summed E-state index contributed by atoms with van der Waals surface area (Å²) in [6.45, 7) is 9.85. The van der Waals surface area contributed by atoms with Gasteiger partial charge in [-0.2, -0.15) is 0 Å². The summed E-state index contributed by atoms with van der Waals surface area (Å²) in [5, 5.41) is 0. The number of rotatable bonds is 19. The van der Waals surface area contributed by atoms with Crippen molar-refractivity contribution < 1.29 is 4.74 Å². The number of unbranched alkanes of at least 4 members (excludes halogenated alkanes) is 11. The van der Waals surface area contributed by atoms with Gasteiger partial charge in [-0.3, -0.25) is 4.90 Å². The lowest BCUT2D eigenvalue weighted by molar-refractivity contribution is 0.136. The van der Waals surface area contributed by atoms with Crippen LogP contribution in [0.3, 0.4) is 0 Å². The van der Waals surface area contributed by atoms with E-state index in [1.54, 1.807) is 0 Å². The van der Waals surface area contributed by atoms with E-state index in [0.29, 0.717) is 6.04 Å². The van der Waals surface area contributed by atoms with Gasteiger partial charge in [0.1, 0.15) is 12.4 Å². The molecule has 0 radical (unpaired) electrons. The van der Waals surface area contributed by atoms with Crippen LogP contribution >= 0.6 is 0 Å². The lowest BCUT2D eigenvalue weighted by Gasteiger charge is -2.29. The van der Waals surface area contributed by atoms with E-state index in [1.165, 1.54) is 83.5 Å². The normalized spacial score (nSPS) is 12.4. The molecule has 0 saturated heterocycles. The summed E-state index contributed by atoms with van der Waals surface area (Å²) in [4.78, 5) is 2.56. The Labute approximate surface area is 176 Å². The van der Waals surface area contributed by atoms with E-state index in [1.807, 2.05) is 18.2 Å². The minimum Gasteiger partial charge on any atom is -0.492 e. The zero-order chi connectivity index (χ0) is 20.3. The van der Waals surface area contributed by atoms with Gasteiger partial charge in [0.2, 0.25) is 0 Å². The van der Waals surface area contributed by atoms with Crippen LogP contribution in [0, 0.1) is 0 Å². The third-order valence-electron chi connectivity index (χ3n) is 5.91. The van der Waals surface area contributed by atoms with Crippen molar-refractivity contribution in [1.29, 1.82) is 0 Å². The smallest absolute Gasteiger partial charge is 0.119 e. The van der Waals surface area contributed by atoms with Crippen molar-refractivity contribution in [2.75, 3.05) is 19.7 Å². The highest BCUT2D eigenvalue weighted by Crippen LogP contribution is 2.16. The Kier molecular flexibility index (Phi) is 16.1. The van der Waals surface area contributed by atoms with Crippen LogP contribution in [0.1, 0.15) is 104 Å². The Hall–Kier alpha value is -1.02. The number of likely N-dealkylation sites (N-methyl/N-ethyl adjacent to an activating group) is 1. The van der Waals surface area contributed by atoms with Crippen LogP contribution in [0.5, 0.6) is 5.75 Å². The molecule has 2 nitrogen and oxygen atoms in total. The molecule has 0 saturated carbocycles. The molecule has 0 aliphatic carbocycles. The maximum atomic E-state index is 6.07. The van der Waals surface area contributed by atoms with Gasteiger partial charge < -0.3 is 4.74 Å². The fourth-order valence-corrected chi connectivity index (χ4v) is 4.04. The number of hydrogen-bond donors (Lipinski definition) is 0. The summed E-state index contributed by atoms with van der Waals surface area (Å²) in [5.74, 6) is 0.995. The van der Waals surface area contributed by atoms with E-state index in [4.69, 9.17) is 4.74 Å². The van der Waals surface area contributed by atoms with Crippen LogP contribution in [-0.2, 0) is 0 Å². The molecule has 28 heavy (non-hydrogen) atoms. The molecule has 2 heteroatoms. The van der Waals surface area contributed by atoms with Crippen molar-refractivity contribution in [2.45, 2.75) is 110 Å². The summed E-state index contributed by atoms with van der Waals surface area (Å²) in [5.41, 5.74) is 0. The second-order valence-electron chi connectivity index (χ2n) is 8.18. The molecular formula is C26H47NO. The van der Waals surface area contributed by atoms with Crippen LogP contribution in [-0.4, -0.2) is 30.6 Å². The molecule has 0 amide bonds. The maximum Gasteiger partial charge on any atom is 0.119 e. The zero-order valence-corrected chi connectivity index (χ0v) is 19.1. The van der Waals surface area contributed by atoms with Crippen LogP contribution < -0.4 is 4.74 Å². The van der Waals surface area contributed by atoms with E-state index in [9.17, 15) is 0 Å². The van der Waals surface area contributed by atoms with Gasteiger partial charge in [-0.1, -0.05) is 116 Å². The summed E-state index contributed by atoms with van der Waals surface area (Å²) < 4.78 is 6.07. The first kappa shape index (κ1) is 25.0. The molecule has 0 N–H and O–H groups in total. The van der Waals surface area contributed by atoms with Crippen molar-refractivity contribution in [3.05, 3.63) is 30.3 Å². The van der Waals surface area contributed by atoms with Crippen LogP contribution in [0.2, 0.25) is 0 Å². The van der Waals surface area contributed by atoms with Gasteiger partial charge in [0.25, 0.3) is 0 Å². The Morgan fingerprint density at radius 2 is 1.18 bits per heavy atom. The highest BCUT2D eigenvalue weighted by atomic mass is 16.5. The van der Waals surface area contributed by atoms with Crippen LogP contribution in [0.4, 0.5) is 0 Å². The maximum absolute atomic E-state index is 6.07. The molecular weight excluding hydrogens is 342 g/mol. The Bertz CT molecular complexity index is 429. The average Bonchev–Trinajstić information content (AvgIpc) is 2.73. The highest BCUT2D eigenvalue weighted by Gasteiger charge is 2.16.